The van der Waals surface area contributed by atoms with Crippen LogP contribution in [-0.4, -0.2) is 30.8 Å². The highest BCUT2D eigenvalue weighted by Crippen LogP contribution is 2.29. The molecule has 2 amide bonds. The van der Waals surface area contributed by atoms with Gasteiger partial charge >= 0.3 is 6.03 Å². The van der Waals surface area contributed by atoms with Gasteiger partial charge in [0.1, 0.15) is 5.82 Å². The van der Waals surface area contributed by atoms with E-state index in [1.807, 2.05) is 13.8 Å². The molecular formula is C13H18ClFN2O2. The number of aliphatic hydroxyl groups is 1. The third kappa shape index (κ3) is 4.69. The van der Waals surface area contributed by atoms with Gasteiger partial charge in [-0.25, -0.2) is 9.18 Å². The molecule has 0 aromatic heterocycles. The average molecular weight is 289 g/mol. The maximum absolute atomic E-state index is 13.0. The van der Waals surface area contributed by atoms with E-state index < -0.39 is 11.2 Å². The molecule has 1 aromatic rings. The summed E-state index contributed by atoms with van der Waals surface area (Å²) in [5.74, 6) is -0.391. The normalized spacial score (nSPS) is 11.2. The molecule has 0 fully saturated rings. The third-order valence-electron chi connectivity index (χ3n) is 2.75. The minimum Gasteiger partial charge on any atom is -0.395 e. The number of rotatable bonds is 5. The molecule has 0 saturated carbocycles. The molecule has 3 N–H and O–H groups in total. The summed E-state index contributed by atoms with van der Waals surface area (Å²) < 4.78 is 13.0. The van der Waals surface area contributed by atoms with Crippen molar-refractivity contribution < 1.29 is 14.3 Å². The first kappa shape index (κ1) is 15.7. The lowest BCUT2D eigenvalue weighted by Crippen LogP contribution is -2.43. The summed E-state index contributed by atoms with van der Waals surface area (Å²) in [4.78, 5) is 11.4. The van der Waals surface area contributed by atoms with Gasteiger partial charge in [-0.3, -0.25) is 0 Å². The van der Waals surface area contributed by atoms with Crippen molar-refractivity contribution in [1.82, 2.24) is 10.6 Å². The van der Waals surface area contributed by atoms with Crippen LogP contribution in [0.1, 0.15) is 19.4 Å². The summed E-state index contributed by atoms with van der Waals surface area (Å²) in [7, 11) is 0. The molecule has 0 atom stereocenters. The Kier molecular flexibility index (Phi) is 5.57. The smallest absolute Gasteiger partial charge is 0.314 e. The van der Waals surface area contributed by atoms with Crippen LogP contribution in [0.2, 0.25) is 5.02 Å². The van der Waals surface area contributed by atoms with E-state index in [9.17, 15) is 9.18 Å². The van der Waals surface area contributed by atoms with Gasteiger partial charge in [-0.05, 0) is 17.7 Å². The van der Waals surface area contributed by atoms with E-state index in [-0.39, 0.29) is 19.2 Å². The lowest BCUT2D eigenvalue weighted by molar-refractivity contribution is 0.232. The van der Waals surface area contributed by atoms with Gasteiger partial charge in [-0.15, -0.1) is 0 Å². The number of amides is 2. The Balaban J connectivity index is 2.67. The van der Waals surface area contributed by atoms with Crippen LogP contribution in [0.15, 0.2) is 18.2 Å². The zero-order valence-electron chi connectivity index (χ0n) is 11.0. The Hall–Kier alpha value is -1.33. The Morgan fingerprint density at radius 3 is 2.68 bits per heavy atom. The Bertz CT molecular complexity index is 452. The van der Waals surface area contributed by atoms with Crippen LogP contribution >= 0.6 is 11.6 Å². The fraction of sp³-hybridized carbons (Fsp3) is 0.462. The monoisotopic (exact) mass is 288 g/mol. The summed E-state index contributed by atoms with van der Waals surface area (Å²) in [6.07, 6.45) is 0. The van der Waals surface area contributed by atoms with Crippen molar-refractivity contribution in [1.29, 1.82) is 0 Å². The van der Waals surface area contributed by atoms with Gasteiger partial charge in [-0.1, -0.05) is 31.5 Å². The predicted molar refractivity (Wildman–Crippen MR) is 72.9 cm³/mol. The Morgan fingerprint density at radius 1 is 1.42 bits per heavy atom. The first-order valence-electron chi connectivity index (χ1n) is 5.95. The summed E-state index contributed by atoms with van der Waals surface area (Å²) in [6, 6.07) is 3.85. The molecule has 0 aliphatic rings. The molecule has 1 aromatic carbocycles. The van der Waals surface area contributed by atoms with Crippen molar-refractivity contribution in [3.8, 4) is 0 Å². The fourth-order valence-corrected chi connectivity index (χ4v) is 2.09. The second kappa shape index (κ2) is 6.73. The highest BCUT2D eigenvalue weighted by molar-refractivity contribution is 6.31. The molecule has 4 nitrogen and oxygen atoms in total. The molecule has 0 unspecified atom stereocenters. The van der Waals surface area contributed by atoms with Crippen LogP contribution in [0.25, 0.3) is 0 Å². The SMILES string of the molecule is CC(C)(CNC(=O)NCCO)c1ccc(F)cc1Cl. The number of benzene rings is 1. The van der Waals surface area contributed by atoms with Crippen LogP contribution in [0.5, 0.6) is 0 Å². The number of aliphatic hydroxyl groups excluding tert-OH is 1. The van der Waals surface area contributed by atoms with E-state index in [0.29, 0.717) is 11.6 Å². The molecule has 0 radical (unpaired) electrons. The maximum atomic E-state index is 13.0. The van der Waals surface area contributed by atoms with E-state index >= 15 is 0 Å². The maximum Gasteiger partial charge on any atom is 0.314 e. The van der Waals surface area contributed by atoms with E-state index in [4.69, 9.17) is 16.7 Å². The van der Waals surface area contributed by atoms with Crippen molar-refractivity contribution in [2.45, 2.75) is 19.3 Å². The molecule has 0 spiro atoms. The number of nitrogens with one attached hydrogen (secondary N) is 2. The quantitative estimate of drug-likeness (QED) is 0.776. The van der Waals surface area contributed by atoms with Gasteiger partial charge in [0.05, 0.1) is 6.61 Å². The molecule has 19 heavy (non-hydrogen) atoms. The first-order valence-corrected chi connectivity index (χ1v) is 6.32. The van der Waals surface area contributed by atoms with Gasteiger partial charge in [0.2, 0.25) is 0 Å². The zero-order valence-corrected chi connectivity index (χ0v) is 11.7. The second-order valence-corrected chi connectivity index (χ2v) is 5.25. The number of hydrogen-bond acceptors (Lipinski definition) is 2. The van der Waals surface area contributed by atoms with Gasteiger partial charge in [0.25, 0.3) is 0 Å². The van der Waals surface area contributed by atoms with Crippen molar-refractivity contribution in [3.63, 3.8) is 0 Å². The van der Waals surface area contributed by atoms with Crippen LogP contribution in [0.3, 0.4) is 0 Å². The van der Waals surface area contributed by atoms with Gasteiger partial charge in [0.15, 0.2) is 0 Å². The number of halogens is 2. The van der Waals surface area contributed by atoms with Crippen LogP contribution in [0, 0.1) is 5.82 Å². The number of hydrogen-bond donors (Lipinski definition) is 3. The van der Waals surface area contributed by atoms with E-state index in [2.05, 4.69) is 10.6 Å². The van der Waals surface area contributed by atoms with Crippen LogP contribution in [0.4, 0.5) is 9.18 Å². The van der Waals surface area contributed by atoms with Gasteiger partial charge in [-0.2, -0.15) is 0 Å². The summed E-state index contributed by atoms with van der Waals surface area (Å²) >= 11 is 6.01. The standard InChI is InChI=1S/C13H18ClFN2O2/c1-13(2,8-17-12(19)16-5-6-18)10-4-3-9(15)7-11(10)14/h3-4,7,18H,5-6,8H2,1-2H3,(H2,16,17,19). The highest BCUT2D eigenvalue weighted by Gasteiger charge is 2.24. The second-order valence-electron chi connectivity index (χ2n) is 4.84. The fourth-order valence-electron chi connectivity index (χ4n) is 1.67. The summed E-state index contributed by atoms with van der Waals surface area (Å²) in [5.41, 5.74) is 0.333. The minimum atomic E-state index is -0.429. The Labute approximate surface area is 117 Å². The molecule has 6 heteroatoms. The zero-order chi connectivity index (χ0) is 14.5. The average Bonchev–Trinajstić information content (AvgIpc) is 2.33. The first-order chi connectivity index (χ1) is 8.86. The third-order valence-corrected chi connectivity index (χ3v) is 3.06. The van der Waals surface area contributed by atoms with Crippen molar-refractivity contribution >= 4 is 17.6 Å². The molecule has 1 rings (SSSR count). The predicted octanol–water partition coefficient (Wildman–Crippen LogP) is 2.05. The van der Waals surface area contributed by atoms with Crippen molar-refractivity contribution in [2.75, 3.05) is 19.7 Å². The van der Waals surface area contributed by atoms with Crippen molar-refractivity contribution in [2.24, 2.45) is 0 Å². The van der Waals surface area contributed by atoms with Crippen molar-refractivity contribution in [3.05, 3.63) is 34.6 Å². The molecule has 0 aliphatic carbocycles. The molecule has 106 valence electrons. The number of carbonyl (C=O) groups excluding carboxylic acids is 1. The molecule has 0 aliphatic heterocycles. The molecule has 0 saturated heterocycles. The van der Waals surface area contributed by atoms with E-state index in [1.165, 1.54) is 12.1 Å². The summed E-state index contributed by atoms with van der Waals surface area (Å²) in [6.45, 7) is 4.23. The largest absolute Gasteiger partial charge is 0.395 e. The lowest BCUT2D eigenvalue weighted by Gasteiger charge is -2.26. The van der Waals surface area contributed by atoms with Gasteiger partial charge < -0.3 is 15.7 Å². The molecular weight excluding hydrogens is 271 g/mol. The lowest BCUT2D eigenvalue weighted by atomic mass is 9.84. The number of carbonyl (C=O) groups is 1. The highest BCUT2D eigenvalue weighted by atomic mass is 35.5. The van der Waals surface area contributed by atoms with E-state index in [1.54, 1.807) is 6.07 Å². The Morgan fingerprint density at radius 2 is 2.11 bits per heavy atom. The topological polar surface area (TPSA) is 61.4 Å². The van der Waals surface area contributed by atoms with Gasteiger partial charge in [0, 0.05) is 23.5 Å². The van der Waals surface area contributed by atoms with Crippen LogP contribution in [-0.2, 0) is 5.41 Å². The number of urea groups is 1. The van der Waals surface area contributed by atoms with E-state index in [0.717, 1.165) is 5.56 Å². The molecule has 0 bridgehead atoms. The minimum absolute atomic E-state index is 0.111. The molecule has 0 heterocycles. The summed E-state index contributed by atoms with van der Waals surface area (Å²) in [5, 5.41) is 14.1. The van der Waals surface area contributed by atoms with Crippen LogP contribution < -0.4 is 10.6 Å².